The Hall–Kier alpha value is -0.790. The molecule has 0 aromatic carbocycles. The number of rotatable bonds is 3. The van der Waals surface area contributed by atoms with Gasteiger partial charge in [0, 0.05) is 20.5 Å². The summed E-state index contributed by atoms with van der Waals surface area (Å²) in [6.45, 7) is 4.38. The molecule has 2 heteroatoms. The molecule has 0 radical (unpaired) electrons. The Morgan fingerprint density at radius 1 is 1.60 bits per heavy atom. The maximum Gasteiger partial charge on any atom is 0.219 e. The van der Waals surface area contributed by atoms with Crippen molar-refractivity contribution >= 4 is 5.91 Å². The fourth-order valence-electron chi connectivity index (χ4n) is 0.592. The van der Waals surface area contributed by atoms with Gasteiger partial charge < -0.3 is 4.90 Å². The molecule has 58 valence electrons. The maximum atomic E-state index is 10.6. The summed E-state index contributed by atoms with van der Waals surface area (Å²) in [7, 11) is 1.81. The van der Waals surface area contributed by atoms with E-state index in [2.05, 4.69) is 6.08 Å². The van der Waals surface area contributed by atoms with Crippen molar-refractivity contribution < 1.29 is 4.79 Å². The average Bonchev–Trinajstić information content (AvgIpc) is 1.88. The van der Waals surface area contributed by atoms with Crippen molar-refractivity contribution in [1.82, 2.24) is 4.90 Å². The highest BCUT2D eigenvalue weighted by atomic mass is 16.2. The monoisotopic (exact) mass is 141 g/mol. The quantitative estimate of drug-likeness (QED) is 0.544. The Kier molecular flexibility index (Phi) is 4.63. The summed E-state index contributed by atoms with van der Waals surface area (Å²) in [5.41, 5.74) is 0. The standard InChI is InChI=1S/C8H15NO/c1-4-5-6-7-9(3)8(2)10/h4-5H,6-7H2,1-3H3/b5-4+. The Bertz CT molecular complexity index is 129. The summed E-state index contributed by atoms with van der Waals surface area (Å²) in [4.78, 5) is 12.3. The lowest BCUT2D eigenvalue weighted by Crippen LogP contribution is -2.24. The van der Waals surface area contributed by atoms with Gasteiger partial charge in [-0.2, -0.15) is 0 Å². The average molecular weight is 141 g/mol. The Balaban J connectivity index is 3.39. The van der Waals surface area contributed by atoms with Gasteiger partial charge in [0.05, 0.1) is 0 Å². The molecule has 0 aromatic heterocycles. The van der Waals surface area contributed by atoms with E-state index < -0.39 is 0 Å². The van der Waals surface area contributed by atoms with E-state index in [0.29, 0.717) is 0 Å². The third kappa shape index (κ3) is 4.13. The van der Waals surface area contributed by atoms with Crippen LogP contribution in [0.15, 0.2) is 12.2 Å². The van der Waals surface area contributed by atoms with Gasteiger partial charge in [0.2, 0.25) is 5.91 Å². The Morgan fingerprint density at radius 2 is 2.20 bits per heavy atom. The highest BCUT2D eigenvalue weighted by Crippen LogP contribution is 1.88. The van der Waals surface area contributed by atoms with Crippen LogP contribution in [-0.2, 0) is 4.79 Å². The molecule has 0 N–H and O–H groups in total. The third-order valence-corrected chi connectivity index (χ3v) is 1.40. The van der Waals surface area contributed by atoms with E-state index in [1.54, 1.807) is 11.8 Å². The van der Waals surface area contributed by atoms with Gasteiger partial charge in [0.15, 0.2) is 0 Å². The van der Waals surface area contributed by atoms with Crippen molar-refractivity contribution in [1.29, 1.82) is 0 Å². The number of allylic oxidation sites excluding steroid dienone is 1. The van der Waals surface area contributed by atoms with Gasteiger partial charge in [-0.15, -0.1) is 0 Å². The van der Waals surface area contributed by atoms with E-state index >= 15 is 0 Å². The summed E-state index contributed by atoms with van der Waals surface area (Å²) < 4.78 is 0. The maximum absolute atomic E-state index is 10.6. The summed E-state index contributed by atoms with van der Waals surface area (Å²) in [6, 6.07) is 0. The molecular formula is C8H15NO. The van der Waals surface area contributed by atoms with Crippen molar-refractivity contribution in [3.63, 3.8) is 0 Å². The Labute approximate surface area is 62.5 Å². The lowest BCUT2D eigenvalue weighted by atomic mass is 10.3. The second kappa shape index (κ2) is 5.03. The zero-order chi connectivity index (χ0) is 7.98. The molecule has 0 unspecified atom stereocenters. The highest BCUT2D eigenvalue weighted by molar-refractivity contribution is 5.72. The smallest absolute Gasteiger partial charge is 0.219 e. The molecule has 10 heavy (non-hydrogen) atoms. The first kappa shape index (κ1) is 9.21. The number of nitrogens with zero attached hydrogens (tertiary/aromatic N) is 1. The molecule has 2 nitrogen and oxygen atoms in total. The van der Waals surface area contributed by atoms with Gasteiger partial charge in [-0.05, 0) is 13.3 Å². The molecule has 0 aliphatic heterocycles. The number of hydrogen-bond acceptors (Lipinski definition) is 1. The van der Waals surface area contributed by atoms with E-state index in [1.807, 2.05) is 20.0 Å². The first-order valence-electron chi connectivity index (χ1n) is 3.51. The second-order valence-corrected chi connectivity index (χ2v) is 2.30. The van der Waals surface area contributed by atoms with Crippen molar-refractivity contribution in [3.8, 4) is 0 Å². The van der Waals surface area contributed by atoms with E-state index in [9.17, 15) is 4.79 Å². The molecule has 0 rings (SSSR count). The molecule has 0 saturated heterocycles. The molecule has 0 aromatic rings. The molecule has 0 saturated carbocycles. The molecule has 0 fully saturated rings. The number of hydrogen-bond donors (Lipinski definition) is 0. The minimum absolute atomic E-state index is 0.129. The zero-order valence-corrected chi connectivity index (χ0v) is 6.92. The fraction of sp³-hybridized carbons (Fsp3) is 0.625. The molecule has 0 aliphatic rings. The van der Waals surface area contributed by atoms with Gasteiger partial charge >= 0.3 is 0 Å². The van der Waals surface area contributed by atoms with Crippen LogP contribution in [0.5, 0.6) is 0 Å². The van der Waals surface area contributed by atoms with Gasteiger partial charge in [-0.3, -0.25) is 4.79 Å². The summed E-state index contributed by atoms with van der Waals surface area (Å²) in [5.74, 6) is 0.129. The fourth-order valence-corrected chi connectivity index (χ4v) is 0.592. The molecule has 0 aliphatic carbocycles. The molecular weight excluding hydrogens is 126 g/mol. The molecule has 0 bridgehead atoms. The van der Waals surface area contributed by atoms with Crippen LogP contribution in [0.1, 0.15) is 20.3 Å². The van der Waals surface area contributed by atoms with Crippen LogP contribution in [0.3, 0.4) is 0 Å². The normalized spacial score (nSPS) is 10.3. The summed E-state index contributed by atoms with van der Waals surface area (Å²) in [5, 5.41) is 0. The minimum atomic E-state index is 0.129. The van der Waals surface area contributed by atoms with Crippen LogP contribution in [0, 0.1) is 0 Å². The van der Waals surface area contributed by atoms with Gasteiger partial charge in [0.1, 0.15) is 0 Å². The number of carbonyl (C=O) groups is 1. The van der Waals surface area contributed by atoms with E-state index in [0.717, 1.165) is 13.0 Å². The minimum Gasteiger partial charge on any atom is -0.346 e. The Morgan fingerprint density at radius 3 is 2.60 bits per heavy atom. The molecule has 0 heterocycles. The van der Waals surface area contributed by atoms with Crippen LogP contribution in [0.2, 0.25) is 0 Å². The molecule has 0 atom stereocenters. The highest BCUT2D eigenvalue weighted by Gasteiger charge is 1.97. The second-order valence-electron chi connectivity index (χ2n) is 2.30. The van der Waals surface area contributed by atoms with E-state index in [4.69, 9.17) is 0 Å². The molecule has 1 amide bonds. The SMILES string of the molecule is C/C=C/CCN(C)C(C)=O. The van der Waals surface area contributed by atoms with Gasteiger partial charge in [0.25, 0.3) is 0 Å². The predicted molar refractivity (Wildman–Crippen MR) is 42.7 cm³/mol. The zero-order valence-electron chi connectivity index (χ0n) is 6.92. The lowest BCUT2D eigenvalue weighted by molar-refractivity contribution is -0.127. The van der Waals surface area contributed by atoms with Crippen LogP contribution < -0.4 is 0 Å². The van der Waals surface area contributed by atoms with Crippen LogP contribution in [0.25, 0.3) is 0 Å². The van der Waals surface area contributed by atoms with Gasteiger partial charge in [-0.1, -0.05) is 12.2 Å². The predicted octanol–water partition coefficient (Wildman–Crippen LogP) is 1.43. The largest absolute Gasteiger partial charge is 0.346 e. The van der Waals surface area contributed by atoms with Crippen molar-refractivity contribution in [3.05, 3.63) is 12.2 Å². The van der Waals surface area contributed by atoms with E-state index in [1.165, 1.54) is 0 Å². The van der Waals surface area contributed by atoms with Crippen molar-refractivity contribution in [2.24, 2.45) is 0 Å². The topological polar surface area (TPSA) is 20.3 Å². The van der Waals surface area contributed by atoms with Gasteiger partial charge in [-0.25, -0.2) is 0 Å². The van der Waals surface area contributed by atoms with Crippen LogP contribution in [-0.4, -0.2) is 24.4 Å². The first-order chi connectivity index (χ1) is 4.68. The number of carbonyl (C=O) groups excluding carboxylic acids is 1. The first-order valence-corrected chi connectivity index (χ1v) is 3.51. The summed E-state index contributed by atoms with van der Waals surface area (Å²) >= 11 is 0. The van der Waals surface area contributed by atoms with E-state index in [-0.39, 0.29) is 5.91 Å². The van der Waals surface area contributed by atoms with Crippen LogP contribution in [0.4, 0.5) is 0 Å². The lowest BCUT2D eigenvalue weighted by Gasteiger charge is -2.12. The van der Waals surface area contributed by atoms with Crippen LogP contribution >= 0.6 is 0 Å². The van der Waals surface area contributed by atoms with Crippen molar-refractivity contribution in [2.45, 2.75) is 20.3 Å². The molecule has 0 spiro atoms. The number of amides is 1. The third-order valence-electron chi connectivity index (χ3n) is 1.40. The summed E-state index contributed by atoms with van der Waals surface area (Å²) in [6.07, 6.45) is 5.00. The van der Waals surface area contributed by atoms with Crippen molar-refractivity contribution in [2.75, 3.05) is 13.6 Å².